The Kier molecular flexibility index (Phi) is 5.45. The minimum atomic E-state index is -2.37. The first-order valence-corrected chi connectivity index (χ1v) is 5.88. The van der Waals surface area contributed by atoms with E-state index in [0.717, 1.165) is 0 Å². The molecule has 0 spiro atoms. The summed E-state index contributed by atoms with van der Waals surface area (Å²) in [7, 11) is 1.53. The van der Waals surface area contributed by atoms with Gasteiger partial charge in [-0.25, -0.2) is 13.8 Å². The van der Waals surface area contributed by atoms with Gasteiger partial charge in [-0.05, 0) is 12.1 Å². The number of hydrogen-bond donors (Lipinski definition) is 0. The van der Waals surface area contributed by atoms with Gasteiger partial charge in [0.05, 0.1) is 19.9 Å². The monoisotopic (exact) mass is 294 g/mol. The van der Waals surface area contributed by atoms with Crippen molar-refractivity contribution in [3.63, 3.8) is 0 Å². The molecule has 0 aliphatic heterocycles. The Labute approximate surface area is 102 Å². The number of aromatic nitrogens is 1. The molecule has 1 heterocycles. The highest BCUT2D eigenvalue weighted by Gasteiger charge is 2.13. The van der Waals surface area contributed by atoms with Crippen LogP contribution in [-0.2, 0) is 0 Å². The summed E-state index contributed by atoms with van der Waals surface area (Å²) < 4.78 is 29.6. The highest BCUT2D eigenvalue weighted by molar-refractivity contribution is 9.09. The van der Waals surface area contributed by atoms with Crippen molar-refractivity contribution in [3.05, 3.63) is 18.3 Å². The van der Waals surface area contributed by atoms with E-state index >= 15 is 0 Å². The summed E-state index contributed by atoms with van der Waals surface area (Å²) in [5.41, 5.74) is 0. The Hall–Kier alpha value is -0.910. The molecule has 6 heteroatoms. The fourth-order valence-electron chi connectivity index (χ4n) is 1.25. The van der Waals surface area contributed by atoms with E-state index in [-0.39, 0.29) is 6.54 Å². The molecule has 0 saturated heterocycles. The average molecular weight is 295 g/mol. The number of ether oxygens (including phenoxy) is 1. The standard InChI is InChI=1S/C10H13BrF2N2O/c1-16-8-2-3-10(14-6-8)15(5-4-11)7-9(12)13/h2-3,6,9H,4-5,7H2,1H3. The van der Waals surface area contributed by atoms with Crippen LogP contribution in [0.5, 0.6) is 5.75 Å². The summed E-state index contributed by atoms with van der Waals surface area (Å²) in [6.45, 7) is 0.175. The van der Waals surface area contributed by atoms with Crippen molar-refractivity contribution >= 4 is 21.7 Å². The zero-order valence-electron chi connectivity index (χ0n) is 8.87. The molecule has 0 saturated carbocycles. The molecule has 1 rings (SSSR count). The molecule has 0 aliphatic carbocycles. The van der Waals surface area contributed by atoms with Crippen molar-refractivity contribution in [1.29, 1.82) is 0 Å². The van der Waals surface area contributed by atoms with Crippen LogP contribution in [0.2, 0.25) is 0 Å². The Balaban J connectivity index is 2.75. The van der Waals surface area contributed by atoms with Gasteiger partial charge in [0, 0.05) is 11.9 Å². The average Bonchev–Trinajstić information content (AvgIpc) is 2.28. The van der Waals surface area contributed by atoms with Crippen LogP contribution in [0.15, 0.2) is 18.3 Å². The third-order valence-electron chi connectivity index (χ3n) is 1.99. The van der Waals surface area contributed by atoms with E-state index in [1.54, 1.807) is 12.1 Å². The van der Waals surface area contributed by atoms with Crippen molar-refractivity contribution < 1.29 is 13.5 Å². The minimum Gasteiger partial charge on any atom is -0.495 e. The Morgan fingerprint density at radius 2 is 2.25 bits per heavy atom. The van der Waals surface area contributed by atoms with Crippen LogP contribution in [0, 0.1) is 0 Å². The zero-order chi connectivity index (χ0) is 12.0. The van der Waals surface area contributed by atoms with E-state index in [4.69, 9.17) is 4.74 Å². The molecule has 0 amide bonds. The maximum Gasteiger partial charge on any atom is 0.255 e. The van der Waals surface area contributed by atoms with Gasteiger partial charge in [0.15, 0.2) is 0 Å². The molecular formula is C10H13BrF2N2O. The molecule has 3 nitrogen and oxygen atoms in total. The van der Waals surface area contributed by atoms with Crippen LogP contribution < -0.4 is 9.64 Å². The van der Waals surface area contributed by atoms with Gasteiger partial charge in [-0.1, -0.05) is 15.9 Å². The molecule has 0 aromatic carbocycles. The van der Waals surface area contributed by atoms with Gasteiger partial charge in [-0.2, -0.15) is 0 Å². The van der Waals surface area contributed by atoms with Gasteiger partial charge in [-0.15, -0.1) is 0 Å². The number of hydrogen-bond acceptors (Lipinski definition) is 3. The van der Waals surface area contributed by atoms with Gasteiger partial charge >= 0.3 is 0 Å². The van der Waals surface area contributed by atoms with Crippen molar-refractivity contribution in [2.75, 3.05) is 30.4 Å². The third kappa shape index (κ3) is 3.92. The lowest BCUT2D eigenvalue weighted by molar-refractivity contribution is 0.155. The minimum absolute atomic E-state index is 0.315. The Morgan fingerprint density at radius 1 is 1.50 bits per heavy atom. The molecule has 1 aromatic rings. The van der Waals surface area contributed by atoms with Gasteiger partial charge < -0.3 is 9.64 Å². The van der Waals surface area contributed by atoms with E-state index < -0.39 is 6.43 Å². The molecule has 90 valence electrons. The lowest BCUT2D eigenvalue weighted by Crippen LogP contribution is -2.31. The molecule has 0 N–H and O–H groups in total. The van der Waals surface area contributed by atoms with Gasteiger partial charge in [0.25, 0.3) is 6.43 Å². The van der Waals surface area contributed by atoms with E-state index in [9.17, 15) is 8.78 Å². The number of alkyl halides is 3. The second-order valence-electron chi connectivity index (χ2n) is 3.08. The molecule has 0 unspecified atom stereocenters. The van der Waals surface area contributed by atoms with E-state index in [1.807, 2.05) is 0 Å². The topological polar surface area (TPSA) is 25.4 Å². The molecule has 0 atom stereocenters. The van der Waals surface area contributed by atoms with Crippen molar-refractivity contribution in [2.45, 2.75) is 6.43 Å². The van der Waals surface area contributed by atoms with E-state index in [1.165, 1.54) is 18.2 Å². The predicted molar refractivity (Wildman–Crippen MR) is 62.8 cm³/mol. The highest BCUT2D eigenvalue weighted by atomic mass is 79.9. The molecule has 0 radical (unpaired) electrons. The lowest BCUT2D eigenvalue weighted by Gasteiger charge is -2.22. The van der Waals surface area contributed by atoms with E-state index in [2.05, 4.69) is 20.9 Å². The quantitative estimate of drug-likeness (QED) is 0.754. The lowest BCUT2D eigenvalue weighted by atomic mass is 10.4. The number of halogens is 3. The molecular weight excluding hydrogens is 282 g/mol. The first kappa shape index (κ1) is 13.2. The first-order valence-electron chi connectivity index (χ1n) is 4.76. The summed E-state index contributed by atoms with van der Waals surface area (Å²) >= 11 is 3.23. The summed E-state index contributed by atoms with van der Waals surface area (Å²) in [5.74, 6) is 1.14. The molecule has 0 aliphatic rings. The Morgan fingerprint density at radius 3 is 2.69 bits per heavy atom. The van der Waals surface area contributed by atoms with Crippen LogP contribution in [0.3, 0.4) is 0 Å². The molecule has 1 aromatic heterocycles. The van der Waals surface area contributed by atoms with E-state index in [0.29, 0.717) is 23.4 Å². The van der Waals surface area contributed by atoms with Crippen molar-refractivity contribution in [1.82, 2.24) is 4.98 Å². The summed E-state index contributed by atoms with van der Waals surface area (Å²) in [6, 6.07) is 3.37. The third-order valence-corrected chi connectivity index (χ3v) is 2.35. The second kappa shape index (κ2) is 6.62. The largest absolute Gasteiger partial charge is 0.495 e. The fraction of sp³-hybridized carbons (Fsp3) is 0.500. The van der Waals surface area contributed by atoms with Crippen LogP contribution in [-0.4, -0.2) is 36.9 Å². The number of nitrogens with zero attached hydrogens (tertiary/aromatic N) is 2. The molecule has 0 bridgehead atoms. The van der Waals surface area contributed by atoms with Gasteiger partial charge in [0.2, 0.25) is 0 Å². The Bertz CT molecular complexity index is 308. The van der Waals surface area contributed by atoms with Crippen molar-refractivity contribution in [2.24, 2.45) is 0 Å². The number of rotatable bonds is 6. The van der Waals surface area contributed by atoms with Crippen LogP contribution in [0.4, 0.5) is 14.6 Å². The number of anilines is 1. The van der Waals surface area contributed by atoms with Crippen LogP contribution in [0.25, 0.3) is 0 Å². The van der Waals surface area contributed by atoms with Crippen LogP contribution >= 0.6 is 15.9 Å². The summed E-state index contributed by atoms with van der Waals surface area (Å²) in [4.78, 5) is 5.59. The first-order chi connectivity index (χ1) is 7.67. The van der Waals surface area contributed by atoms with Crippen LogP contribution in [0.1, 0.15) is 0 Å². The molecule has 16 heavy (non-hydrogen) atoms. The highest BCUT2D eigenvalue weighted by Crippen LogP contribution is 2.16. The smallest absolute Gasteiger partial charge is 0.255 e. The predicted octanol–water partition coefficient (Wildman–Crippen LogP) is 2.56. The number of methoxy groups -OCH3 is 1. The van der Waals surface area contributed by atoms with Crippen molar-refractivity contribution in [3.8, 4) is 5.75 Å². The fourth-order valence-corrected chi connectivity index (χ4v) is 1.68. The SMILES string of the molecule is COc1ccc(N(CCBr)CC(F)F)nc1. The molecule has 0 fully saturated rings. The second-order valence-corrected chi connectivity index (χ2v) is 3.88. The van der Waals surface area contributed by atoms with Gasteiger partial charge in [0.1, 0.15) is 11.6 Å². The van der Waals surface area contributed by atoms with Gasteiger partial charge in [-0.3, -0.25) is 0 Å². The maximum atomic E-state index is 12.3. The normalized spacial score (nSPS) is 10.6. The number of pyridine rings is 1. The zero-order valence-corrected chi connectivity index (χ0v) is 10.5. The summed E-state index contributed by atoms with van der Waals surface area (Å²) in [5, 5.41) is 0.618. The maximum absolute atomic E-state index is 12.3. The summed E-state index contributed by atoms with van der Waals surface area (Å²) in [6.07, 6.45) is -0.856.